The lowest BCUT2D eigenvalue weighted by Crippen LogP contribution is -2.32. The molecule has 34 heavy (non-hydrogen) atoms. The number of carbonyl (C=O) groups is 1. The summed E-state index contributed by atoms with van der Waals surface area (Å²) >= 11 is 0. The van der Waals surface area contributed by atoms with Crippen molar-refractivity contribution in [2.45, 2.75) is 50.2 Å². The maximum absolute atomic E-state index is 13.5. The first-order valence-corrected chi connectivity index (χ1v) is 12.4. The third-order valence-corrected chi connectivity index (χ3v) is 7.22. The number of carboxylic acids is 1. The molecule has 0 unspecified atom stereocenters. The largest absolute Gasteiger partial charge is 0.482 e. The van der Waals surface area contributed by atoms with Crippen LogP contribution in [0.2, 0.25) is 0 Å². The molecule has 2 aromatic rings. The fourth-order valence-corrected chi connectivity index (χ4v) is 5.45. The molecule has 0 bridgehead atoms. The fourth-order valence-electron chi connectivity index (χ4n) is 4.14. The van der Waals surface area contributed by atoms with Crippen LogP contribution in [-0.2, 0) is 27.4 Å². The van der Waals surface area contributed by atoms with Crippen molar-refractivity contribution in [1.29, 1.82) is 0 Å². The first-order chi connectivity index (χ1) is 16.0. The molecular formula is C23H27F3N2O5S. The van der Waals surface area contributed by atoms with Gasteiger partial charge in [-0.2, -0.15) is 13.2 Å². The molecule has 0 amide bonds. The Morgan fingerprint density at radius 1 is 1.21 bits per heavy atom. The molecule has 2 aromatic carbocycles. The van der Waals surface area contributed by atoms with Gasteiger partial charge in [0.2, 0.25) is 10.0 Å². The molecule has 0 aliphatic heterocycles. The van der Waals surface area contributed by atoms with E-state index in [1.165, 1.54) is 6.07 Å². The summed E-state index contributed by atoms with van der Waals surface area (Å²) in [6.45, 7) is 3.85. The van der Waals surface area contributed by atoms with Gasteiger partial charge < -0.3 is 14.7 Å². The van der Waals surface area contributed by atoms with Crippen molar-refractivity contribution < 1.29 is 36.2 Å². The SMILES string of the molecule is CCN(CC)c1cc(C(F)(F)F)cc(S(=O)(=O)N[C@@H]2CCCc3c(OCC(=O)O)cccc32)c1. The number of carboxylic acid groups (broad SMARTS) is 1. The maximum atomic E-state index is 13.5. The monoisotopic (exact) mass is 500 g/mol. The lowest BCUT2D eigenvalue weighted by Gasteiger charge is -2.28. The van der Waals surface area contributed by atoms with Gasteiger partial charge in [-0.1, -0.05) is 12.1 Å². The molecule has 1 aliphatic rings. The van der Waals surface area contributed by atoms with E-state index in [-0.39, 0.29) is 5.69 Å². The Kier molecular flexibility index (Phi) is 7.77. The van der Waals surface area contributed by atoms with E-state index < -0.39 is 45.3 Å². The molecule has 0 spiro atoms. The minimum Gasteiger partial charge on any atom is -0.482 e. The first kappa shape index (κ1) is 25.8. The van der Waals surface area contributed by atoms with Crippen LogP contribution in [0.3, 0.4) is 0 Å². The van der Waals surface area contributed by atoms with Crippen LogP contribution in [0, 0.1) is 0 Å². The molecule has 186 valence electrons. The van der Waals surface area contributed by atoms with Crippen LogP contribution in [0.5, 0.6) is 5.75 Å². The van der Waals surface area contributed by atoms with Crippen molar-refractivity contribution in [2.75, 3.05) is 24.6 Å². The molecule has 0 fully saturated rings. The van der Waals surface area contributed by atoms with E-state index in [0.717, 1.165) is 6.07 Å². The molecule has 1 atom stereocenters. The van der Waals surface area contributed by atoms with E-state index >= 15 is 0 Å². The Hall–Kier alpha value is -2.79. The average Bonchev–Trinajstić information content (AvgIpc) is 2.78. The lowest BCUT2D eigenvalue weighted by molar-refractivity contribution is -0.139. The van der Waals surface area contributed by atoms with Gasteiger partial charge in [-0.15, -0.1) is 0 Å². The van der Waals surface area contributed by atoms with E-state index in [1.54, 1.807) is 36.9 Å². The average molecular weight is 501 g/mol. The van der Waals surface area contributed by atoms with E-state index in [1.807, 2.05) is 0 Å². The van der Waals surface area contributed by atoms with Crippen LogP contribution < -0.4 is 14.4 Å². The van der Waals surface area contributed by atoms with Crippen LogP contribution in [0.1, 0.15) is 49.4 Å². The second kappa shape index (κ2) is 10.2. The summed E-state index contributed by atoms with van der Waals surface area (Å²) in [7, 11) is -4.31. The summed E-state index contributed by atoms with van der Waals surface area (Å²) in [5.41, 5.74) is 0.448. The molecule has 3 rings (SSSR count). The predicted molar refractivity (Wildman–Crippen MR) is 121 cm³/mol. The Labute approximate surface area is 196 Å². The number of nitrogens with zero attached hydrogens (tertiary/aromatic N) is 1. The number of alkyl halides is 3. The normalized spacial score (nSPS) is 16.1. The molecule has 7 nitrogen and oxygen atoms in total. The van der Waals surface area contributed by atoms with Crippen molar-refractivity contribution >= 4 is 21.7 Å². The van der Waals surface area contributed by atoms with Crippen molar-refractivity contribution in [3.05, 3.63) is 53.1 Å². The summed E-state index contributed by atoms with van der Waals surface area (Å²) in [5.74, 6) is -0.786. The van der Waals surface area contributed by atoms with Gasteiger partial charge in [0.15, 0.2) is 6.61 Å². The number of aliphatic carboxylic acids is 1. The molecule has 0 saturated heterocycles. The Bertz CT molecular complexity index is 1150. The summed E-state index contributed by atoms with van der Waals surface area (Å²) in [5, 5.41) is 8.89. The number of hydrogen-bond donors (Lipinski definition) is 2. The van der Waals surface area contributed by atoms with Gasteiger partial charge in [0.05, 0.1) is 10.5 Å². The zero-order chi connectivity index (χ0) is 25.1. The highest BCUT2D eigenvalue weighted by Gasteiger charge is 2.34. The van der Waals surface area contributed by atoms with Crippen molar-refractivity contribution in [1.82, 2.24) is 4.72 Å². The highest BCUT2D eigenvalue weighted by atomic mass is 32.2. The maximum Gasteiger partial charge on any atom is 0.416 e. The third kappa shape index (κ3) is 5.82. The minimum atomic E-state index is -4.71. The van der Waals surface area contributed by atoms with Crippen molar-refractivity contribution in [3.8, 4) is 5.75 Å². The van der Waals surface area contributed by atoms with Crippen LogP contribution >= 0.6 is 0 Å². The Balaban J connectivity index is 1.98. The van der Waals surface area contributed by atoms with Gasteiger partial charge in [-0.25, -0.2) is 17.9 Å². The van der Waals surface area contributed by atoms with Crippen molar-refractivity contribution in [3.63, 3.8) is 0 Å². The number of hydrogen-bond acceptors (Lipinski definition) is 5. The van der Waals surface area contributed by atoms with Crippen LogP contribution in [-0.4, -0.2) is 39.2 Å². The first-order valence-electron chi connectivity index (χ1n) is 10.9. The van der Waals surface area contributed by atoms with Gasteiger partial charge in [0.25, 0.3) is 0 Å². The van der Waals surface area contributed by atoms with E-state index in [0.29, 0.717) is 55.3 Å². The summed E-state index contributed by atoms with van der Waals surface area (Å²) < 4.78 is 75.0. The third-order valence-electron chi connectivity index (χ3n) is 5.77. The van der Waals surface area contributed by atoms with E-state index in [9.17, 15) is 26.4 Å². The number of benzene rings is 2. The Morgan fingerprint density at radius 3 is 2.53 bits per heavy atom. The molecule has 1 aliphatic carbocycles. The number of nitrogens with one attached hydrogen (secondary N) is 1. The van der Waals surface area contributed by atoms with Gasteiger partial charge in [0, 0.05) is 24.8 Å². The molecule has 0 radical (unpaired) electrons. The minimum absolute atomic E-state index is 0.175. The highest BCUT2D eigenvalue weighted by Crippen LogP contribution is 2.38. The number of anilines is 1. The van der Waals surface area contributed by atoms with E-state index in [2.05, 4.69) is 4.72 Å². The number of rotatable bonds is 9. The Morgan fingerprint density at radius 2 is 1.91 bits per heavy atom. The zero-order valence-corrected chi connectivity index (χ0v) is 19.7. The number of fused-ring (bicyclic) bond motifs is 1. The molecule has 0 saturated carbocycles. The molecule has 0 aromatic heterocycles. The zero-order valence-electron chi connectivity index (χ0n) is 18.9. The molecule has 2 N–H and O–H groups in total. The smallest absolute Gasteiger partial charge is 0.416 e. The summed E-state index contributed by atoms with van der Waals surface area (Å²) in [6.07, 6.45) is -3.10. The summed E-state index contributed by atoms with van der Waals surface area (Å²) in [4.78, 5) is 12.1. The number of ether oxygens (including phenoxy) is 1. The standard InChI is InChI=1S/C23H27F3N2O5S/c1-3-28(4-2)16-11-15(23(24,25)26)12-17(13-16)34(31,32)27-20-9-5-8-19-18(20)7-6-10-21(19)33-14-22(29)30/h6-7,10-13,20,27H,3-5,8-9,14H2,1-2H3,(H,29,30)/t20-/m1/s1. The van der Waals surface area contributed by atoms with Gasteiger partial charge in [0.1, 0.15) is 5.75 Å². The predicted octanol–water partition coefficient (Wildman–Crippen LogP) is 4.37. The van der Waals surface area contributed by atoms with Crippen LogP contribution in [0.4, 0.5) is 18.9 Å². The number of sulfonamides is 1. The van der Waals surface area contributed by atoms with Crippen LogP contribution in [0.25, 0.3) is 0 Å². The van der Waals surface area contributed by atoms with Gasteiger partial charge in [-0.3, -0.25) is 0 Å². The quantitative estimate of drug-likeness (QED) is 0.531. The van der Waals surface area contributed by atoms with Gasteiger partial charge in [-0.05, 0) is 68.5 Å². The topological polar surface area (TPSA) is 95.9 Å². The molecule has 0 heterocycles. The molecular weight excluding hydrogens is 473 g/mol. The lowest BCUT2D eigenvalue weighted by atomic mass is 9.87. The number of halogens is 3. The summed E-state index contributed by atoms with van der Waals surface area (Å²) in [6, 6.07) is 7.12. The second-order valence-corrected chi connectivity index (χ2v) is 9.67. The highest BCUT2D eigenvalue weighted by molar-refractivity contribution is 7.89. The molecule has 11 heteroatoms. The van der Waals surface area contributed by atoms with Crippen molar-refractivity contribution in [2.24, 2.45) is 0 Å². The fraction of sp³-hybridized carbons (Fsp3) is 0.435. The second-order valence-electron chi connectivity index (χ2n) is 7.96. The van der Waals surface area contributed by atoms with Crippen LogP contribution in [0.15, 0.2) is 41.3 Å². The van der Waals surface area contributed by atoms with E-state index in [4.69, 9.17) is 9.84 Å². The van der Waals surface area contributed by atoms with Gasteiger partial charge >= 0.3 is 12.1 Å².